The maximum absolute atomic E-state index is 13.2. The molecule has 184 valence electrons. The fourth-order valence-electron chi connectivity index (χ4n) is 4.30. The zero-order valence-electron chi connectivity index (χ0n) is 20.3. The standard InChI is InChI=1S/C26H31ClN6O2/c1-16(26(34)29-14-6-4-5-13-28)23-25-32-31-17(2)33(25)22-12-11-20(35-3)15-21(22)24(30-23)18-7-9-19(27)10-8-18/h7-12,15-16,23H,4-6,13-14,28H2,1-3H3,(H,29,34)/t16?,23-/m0/s1. The number of benzene rings is 2. The Hall–Kier alpha value is -3.23. The van der Waals surface area contributed by atoms with Crippen molar-refractivity contribution in [3.05, 3.63) is 70.3 Å². The van der Waals surface area contributed by atoms with E-state index in [-0.39, 0.29) is 5.91 Å². The van der Waals surface area contributed by atoms with Gasteiger partial charge in [-0.15, -0.1) is 10.2 Å². The lowest BCUT2D eigenvalue weighted by Crippen LogP contribution is -2.33. The van der Waals surface area contributed by atoms with Crippen LogP contribution in [0.5, 0.6) is 5.75 Å². The van der Waals surface area contributed by atoms with Gasteiger partial charge in [0, 0.05) is 22.7 Å². The van der Waals surface area contributed by atoms with Crippen molar-refractivity contribution >= 4 is 23.2 Å². The van der Waals surface area contributed by atoms with E-state index < -0.39 is 12.0 Å². The van der Waals surface area contributed by atoms with Crippen LogP contribution in [0.25, 0.3) is 5.69 Å². The zero-order valence-corrected chi connectivity index (χ0v) is 21.0. The third-order valence-corrected chi connectivity index (χ3v) is 6.52. The van der Waals surface area contributed by atoms with Gasteiger partial charge in [-0.3, -0.25) is 14.4 Å². The minimum absolute atomic E-state index is 0.0716. The average molecular weight is 495 g/mol. The van der Waals surface area contributed by atoms with Crippen LogP contribution in [-0.4, -0.2) is 46.6 Å². The largest absolute Gasteiger partial charge is 0.497 e. The molecule has 8 nitrogen and oxygen atoms in total. The fourth-order valence-corrected chi connectivity index (χ4v) is 4.42. The maximum atomic E-state index is 13.2. The smallest absolute Gasteiger partial charge is 0.225 e. The zero-order chi connectivity index (χ0) is 24.9. The predicted molar refractivity (Wildman–Crippen MR) is 138 cm³/mol. The highest BCUT2D eigenvalue weighted by molar-refractivity contribution is 6.30. The number of hydrogen-bond donors (Lipinski definition) is 2. The molecule has 3 aromatic rings. The highest BCUT2D eigenvalue weighted by Gasteiger charge is 2.34. The van der Waals surface area contributed by atoms with Crippen molar-refractivity contribution in [1.82, 2.24) is 20.1 Å². The number of carbonyl (C=O) groups is 1. The molecule has 0 fully saturated rings. The van der Waals surface area contributed by atoms with E-state index in [1.54, 1.807) is 7.11 Å². The van der Waals surface area contributed by atoms with Crippen molar-refractivity contribution in [3.8, 4) is 11.4 Å². The number of carbonyl (C=O) groups excluding carboxylic acids is 1. The molecule has 1 aromatic heterocycles. The number of methoxy groups -OCH3 is 1. The molecule has 0 saturated carbocycles. The summed E-state index contributed by atoms with van der Waals surface area (Å²) < 4.78 is 7.50. The SMILES string of the molecule is COc1ccc2c(c1)C(c1ccc(Cl)cc1)=N[C@@H](C(C)C(=O)NCCCCCN)c1nnc(C)n1-2. The van der Waals surface area contributed by atoms with Gasteiger partial charge in [0.15, 0.2) is 5.82 Å². The van der Waals surface area contributed by atoms with Crippen LogP contribution in [0.3, 0.4) is 0 Å². The molecule has 2 aromatic carbocycles. The topological polar surface area (TPSA) is 107 Å². The van der Waals surface area contributed by atoms with Gasteiger partial charge < -0.3 is 15.8 Å². The van der Waals surface area contributed by atoms with Crippen molar-refractivity contribution in [1.29, 1.82) is 0 Å². The average Bonchev–Trinajstić information content (AvgIpc) is 3.18. The number of rotatable bonds is 9. The van der Waals surface area contributed by atoms with Crippen LogP contribution < -0.4 is 15.8 Å². The van der Waals surface area contributed by atoms with Crippen LogP contribution in [0, 0.1) is 12.8 Å². The Labute approximate surface area is 210 Å². The van der Waals surface area contributed by atoms with Gasteiger partial charge in [0.1, 0.15) is 17.6 Å². The Morgan fingerprint density at radius 3 is 2.66 bits per heavy atom. The highest BCUT2D eigenvalue weighted by atomic mass is 35.5. The molecule has 2 atom stereocenters. The lowest BCUT2D eigenvalue weighted by molar-refractivity contribution is -0.125. The lowest BCUT2D eigenvalue weighted by Gasteiger charge is -2.19. The van der Waals surface area contributed by atoms with E-state index in [0.29, 0.717) is 29.7 Å². The van der Waals surface area contributed by atoms with Crippen molar-refractivity contribution < 1.29 is 9.53 Å². The number of amides is 1. The van der Waals surface area contributed by atoms with Crippen molar-refractivity contribution in [2.75, 3.05) is 20.2 Å². The Bertz CT molecular complexity index is 1220. The Kier molecular flexibility index (Phi) is 7.83. The van der Waals surface area contributed by atoms with E-state index in [1.165, 1.54) is 0 Å². The van der Waals surface area contributed by atoms with Crippen molar-refractivity contribution in [2.45, 2.75) is 39.2 Å². The van der Waals surface area contributed by atoms with Gasteiger partial charge >= 0.3 is 0 Å². The molecule has 0 saturated heterocycles. The normalized spacial score (nSPS) is 15.5. The second-order valence-electron chi connectivity index (χ2n) is 8.68. The summed E-state index contributed by atoms with van der Waals surface area (Å²) in [5.74, 6) is 1.52. The molecule has 35 heavy (non-hydrogen) atoms. The number of aromatic nitrogens is 3. The van der Waals surface area contributed by atoms with Crippen LogP contribution >= 0.6 is 11.6 Å². The molecule has 2 heterocycles. The van der Waals surface area contributed by atoms with Crippen molar-refractivity contribution in [2.24, 2.45) is 16.6 Å². The van der Waals surface area contributed by atoms with E-state index in [2.05, 4.69) is 15.5 Å². The first-order valence-electron chi connectivity index (χ1n) is 11.9. The first kappa shape index (κ1) is 24.9. The number of nitrogens with two attached hydrogens (primary N) is 1. The van der Waals surface area contributed by atoms with E-state index >= 15 is 0 Å². The van der Waals surface area contributed by atoms with E-state index in [1.807, 2.05) is 60.9 Å². The molecule has 0 aliphatic carbocycles. The summed E-state index contributed by atoms with van der Waals surface area (Å²) in [6.07, 6.45) is 2.82. The van der Waals surface area contributed by atoms with Crippen molar-refractivity contribution in [3.63, 3.8) is 0 Å². The Morgan fingerprint density at radius 2 is 1.94 bits per heavy atom. The maximum Gasteiger partial charge on any atom is 0.225 e. The number of hydrogen-bond acceptors (Lipinski definition) is 6. The molecule has 4 rings (SSSR count). The molecule has 1 aliphatic rings. The summed E-state index contributed by atoms with van der Waals surface area (Å²) in [5.41, 5.74) is 8.95. The fraction of sp³-hybridized carbons (Fsp3) is 0.385. The molecule has 3 N–H and O–H groups in total. The second kappa shape index (κ2) is 11.0. The van der Waals surface area contributed by atoms with Gasteiger partial charge in [0.2, 0.25) is 5.91 Å². The van der Waals surface area contributed by atoms with Crippen LogP contribution in [0.4, 0.5) is 0 Å². The van der Waals surface area contributed by atoms with Crippen LogP contribution in [-0.2, 0) is 4.79 Å². The van der Waals surface area contributed by atoms with Gasteiger partial charge in [-0.25, -0.2) is 0 Å². The monoisotopic (exact) mass is 494 g/mol. The van der Waals surface area contributed by atoms with Crippen LogP contribution in [0.15, 0.2) is 47.5 Å². The molecule has 1 unspecified atom stereocenters. The van der Waals surface area contributed by atoms with Gasteiger partial charge in [0.25, 0.3) is 0 Å². The number of ether oxygens (including phenoxy) is 1. The number of aliphatic imine (C=N–C) groups is 1. The summed E-state index contributed by atoms with van der Waals surface area (Å²) in [4.78, 5) is 18.3. The molecular formula is C26H31ClN6O2. The number of unbranched alkanes of at least 4 members (excludes halogenated alkanes) is 2. The van der Waals surface area contributed by atoms with Crippen LogP contribution in [0.2, 0.25) is 5.02 Å². The molecule has 0 bridgehead atoms. The molecular weight excluding hydrogens is 464 g/mol. The molecule has 0 spiro atoms. The molecule has 9 heteroatoms. The Morgan fingerprint density at radius 1 is 1.17 bits per heavy atom. The van der Waals surface area contributed by atoms with E-state index in [9.17, 15) is 4.79 Å². The lowest BCUT2D eigenvalue weighted by atomic mass is 9.98. The summed E-state index contributed by atoms with van der Waals surface area (Å²) >= 11 is 6.17. The van der Waals surface area contributed by atoms with Gasteiger partial charge in [-0.1, -0.05) is 37.1 Å². The number of nitrogens with zero attached hydrogens (tertiary/aromatic N) is 4. The summed E-state index contributed by atoms with van der Waals surface area (Å²) in [6.45, 7) is 5.05. The number of aryl methyl sites for hydroxylation is 1. The number of fused-ring (bicyclic) bond motifs is 3. The third kappa shape index (κ3) is 5.23. The first-order valence-corrected chi connectivity index (χ1v) is 12.2. The second-order valence-corrected chi connectivity index (χ2v) is 9.12. The van der Waals surface area contributed by atoms with Gasteiger partial charge in [-0.05, 0) is 56.6 Å². The number of halogens is 1. The molecule has 1 amide bonds. The molecule has 1 aliphatic heterocycles. The van der Waals surface area contributed by atoms with E-state index in [0.717, 1.165) is 47.6 Å². The van der Waals surface area contributed by atoms with E-state index in [4.69, 9.17) is 27.1 Å². The van der Waals surface area contributed by atoms with Crippen LogP contribution in [0.1, 0.15) is 55.0 Å². The van der Waals surface area contributed by atoms with Gasteiger partial charge in [-0.2, -0.15) is 0 Å². The summed E-state index contributed by atoms with van der Waals surface area (Å²) in [5, 5.41) is 12.5. The minimum atomic E-state index is -0.538. The minimum Gasteiger partial charge on any atom is -0.497 e. The summed E-state index contributed by atoms with van der Waals surface area (Å²) in [7, 11) is 1.63. The summed E-state index contributed by atoms with van der Waals surface area (Å²) in [6, 6.07) is 12.8. The first-order chi connectivity index (χ1) is 16.9. The number of nitrogens with one attached hydrogen (secondary N) is 1. The predicted octanol–water partition coefficient (Wildman–Crippen LogP) is 4.01. The quantitative estimate of drug-likeness (QED) is 0.437. The third-order valence-electron chi connectivity index (χ3n) is 6.27. The highest BCUT2D eigenvalue weighted by Crippen LogP contribution is 2.36. The van der Waals surface area contributed by atoms with Gasteiger partial charge in [0.05, 0.1) is 24.4 Å². The molecule has 0 radical (unpaired) electrons. The Balaban J connectivity index is 1.79.